The van der Waals surface area contributed by atoms with Crippen LogP contribution < -0.4 is 33.8 Å². The highest BCUT2D eigenvalue weighted by atomic mass is 127. The average Bonchev–Trinajstić information content (AvgIpc) is 3.23. The summed E-state index contributed by atoms with van der Waals surface area (Å²) in [5, 5.41) is 0. The minimum atomic E-state index is -0.774. The van der Waals surface area contributed by atoms with Gasteiger partial charge in [0.05, 0.1) is 59.0 Å². The molecule has 4 rings (SSSR count). The molecule has 0 saturated heterocycles. The number of esters is 1. The molecule has 0 radical (unpaired) electrons. The summed E-state index contributed by atoms with van der Waals surface area (Å²) < 4.78 is 31.1. The predicted octanol–water partition coefficient (Wildman–Crippen LogP) is 4.61. The second-order valence-electron chi connectivity index (χ2n) is 9.35. The largest absolute Gasteiger partial charge is 0.493 e. The van der Waals surface area contributed by atoms with Crippen LogP contribution in [0.2, 0.25) is 0 Å². The van der Waals surface area contributed by atoms with E-state index in [1.165, 1.54) is 11.3 Å². The number of hydrogen-bond donors (Lipinski definition) is 0. The van der Waals surface area contributed by atoms with Gasteiger partial charge < -0.3 is 23.7 Å². The number of nitrogens with zero attached hydrogens (tertiary/aromatic N) is 2. The SMILES string of the molecule is CCOC(=O)C1=C(C)N=c2s/c(=C/c3cc(I)c(OCC)c(OC)c3)c(=O)n2[C@@H]1c1ccc(OC(C)C)c(OC)c1. The van der Waals surface area contributed by atoms with Gasteiger partial charge in [0.15, 0.2) is 27.8 Å². The van der Waals surface area contributed by atoms with Gasteiger partial charge in [-0.3, -0.25) is 9.36 Å². The Labute approximate surface area is 256 Å². The molecule has 218 valence electrons. The third kappa shape index (κ3) is 6.30. The zero-order valence-electron chi connectivity index (χ0n) is 24.1. The van der Waals surface area contributed by atoms with Gasteiger partial charge in [-0.05, 0) is 98.7 Å². The number of fused-ring (bicyclic) bond motifs is 1. The molecule has 0 spiro atoms. The summed E-state index contributed by atoms with van der Waals surface area (Å²) in [4.78, 5) is 32.4. The summed E-state index contributed by atoms with van der Waals surface area (Å²) >= 11 is 3.44. The van der Waals surface area contributed by atoms with Crippen LogP contribution in [0, 0.1) is 3.57 Å². The van der Waals surface area contributed by atoms with E-state index in [4.69, 9.17) is 23.7 Å². The lowest BCUT2D eigenvalue weighted by molar-refractivity contribution is -0.139. The quantitative estimate of drug-likeness (QED) is 0.226. The lowest BCUT2D eigenvalue weighted by Gasteiger charge is -2.25. The van der Waals surface area contributed by atoms with E-state index in [1.54, 1.807) is 50.8 Å². The smallest absolute Gasteiger partial charge is 0.338 e. The third-order valence-electron chi connectivity index (χ3n) is 6.22. The molecule has 2 aromatic carbocycles. The number of rotatable bonds is 10. The van der Waals surface area contributed by atoms with Crippen molar-refractivity contribution in [3.63, 3.8) is 0 Å². The molecule has 1 aromatic heterocycles. The van der Waals surface area contributed by atoms with Gasteiger partial charge in [-0.25, -0.2) is 9.79 Å². The molecule has 3 aromatic rings. The average molecular weight is 693 g/mol. The molecule has 0 fully saturated rings. The zero-order chi connectivity index (χ0) is 29.8. The fraction of sp³-hybridized carbons (Fsp3) is 0.367. The number of aromatic nitrogens is 1. The maximum atomic E-state index is 14.0. The van der Waals surface area contributed by atoms with Crippen LogP contribution in [0.3, 0.4) is 0 Å². The lowest BCUT2D eigenvalue weighted by atomic mass is 9.95. The molecule has 0 unspecified atom stereocenters. The molecule has 9 nitrogen and oxygen atoms in total. The molecular formula is C30H33IN2O7S. The van der Waals surface area contributed by atoms with Gasteiger partial charge in [-0.15, -0.1) is 0 Å². The van der Waals surface area contributed by atoms with Crippen molar-refractivity contribution in [2.24, 2.45) is 4.99 Å². The summed E-state index contributed by atoms with van der Waals surface area (Å²) in [5.41, 5.74) is 1.94. The van der Waals surface area contributed by atoms with E-state index in [1.807, 2.05) is 39.0 Å². The first-order chi connectivity index (χ1) is 19.6. The summed E-state index contributed by atoms with van der Waals surface area (Å²) in [6, 6.07) is 8.39. The molecule has 0 amide bonds. The second kappa shape index (κ2) is 13.1. The summed E-state index contributed by atoms with van der Waals surface area (Å²) in [6.45, 7) is 9.95. The van der Waals surface area contributed by atoms with E-state index in [9.17, 15) is 9.59 Å². The number of carbonyl (C=O) groups excluding carboxylic acids is 1. The molecule has 1 aliphatic heterocycles. The van der Waals surface area contributed by atoms with Crippen molar-refractivity contribution in [3.05, 3.63) is 76.0 Å². The number of ether oxygens (including phenoxy) is 5. The van der Waals surface area contributed by atoms with Crippen LogP contribution >= 0.6 is 33.9 Å². The van der Waals surface area contributed by atoms with E-state index in [0.717, 1.165) is 9.13 Å². The van der Waals surface area contributed by atoms with Gasteiger partial charge in [-0.2, -0.15) is 0 Å². The van der Waals surface area contributed by atoms with Crippen LogP contribution in [0.5, 0.6) is 23.0 Å². The highest BCUT2D eigenvalue weighted by molar-refractivity contribution is 14.1. The van der Waals surface area contributed by atoms with Crippen LogP contribution in [-0.4, -0.2) is 44.1 Å². The van der Waals surface area contributed by atoms with E-state index >= 15 is 0 Å². The van der Waals surface area contributed by atoms with Crippen molar-refractivity contribution in [1.82, 2.24) is 4.57 Å². The van der Waals surface area contributed by atoms with Crippen molar-refractivity contribution in [2.45, 2.75) is 46.8 Å². The van der Waals surface area contributed by atoms with Crippen LogP contribution in [-0.2, 0) is 9.53 Å². The van der Waals surface area contributed by atoms with Gasteiger partial charge >= 0.3 is 5.97 Å². The summed E-state index contributed by atoms with van der Waals surface area (Å²) in [6.07, 6.45) is 1.74. The molecule has 11 heteroatoms. The molecule has 1 atom stereocenters. The third-order valence-corrected chi connectivity index (χ3v) is 8.01. The summed E-state index contributed by atoms with van der Waals surface area (Å²) in [5.74, 6) is 1.76. The van der Waals surface area contributed by atoms with Gasteiger partial charge in [0.2, 0.25) is 0 Å². The first kappa shape index (κ1) is 30.6. The Kier molecular flexibility index (Phi) is 9.80. The first-order valence-corrected chi connectivity index (χ1v) is 15.1. The monoisotopic (exact) mass is 692 g/mol. The normalized spacial score (nSPS) is 15.0. The Hall–Kier alpha value is -3.32. The number of carbonyl (C=O) groups is 1. The number of methoxy groups -OCH3 is 2. The minimum absolute atomic E-state index is 0.0612. The topological polar surface area (TPSA) is 97.6 Å². The molecule has 0 bridgehead atoms. The molecule has 1 aliphatic rings. The maximum absolute atomic E-state index is 14.0. The van der Waals surface area contributed by atoms with Crippen LogP contribution in [0.4, 0.5) is 0 Å². The summed E-state index contributed by atoms with van der Waals surface area (Å²) in [7, 11) is 3.13. The molecule has 41 heavy (non-hydrogen) atoms. The van der Waals surface area contributed by atoms with Crippen molar-refractivity contribution in [3.8, 4) is 23.0 Å². The van der Waals surface area contributed by atoms with E-state index in [2.05, 4.69) is 27.6 Å². The van der Waals surface area contributed by atoms with Crippen molar-refractivity contribution >= 4 is 46.0 Å². The number of allylic oxidation sites excluding steroid dienone is 1. The highest BCUT2D eigenvalue weighted by Gasteiger charge is 2.34. The van der Waals surface area contributed by atoms with Crippen molar-refractivity contribution < 1.29 is 28.5 Å². The Morgan fingerprint density at radius 1 is 1.10 bits per heavy atom. The zero-order valence-corrected chi connectivity index (χ0v) is 27.0. The number of benzene rings is 2. The van der Waals surface area contributed by atoms with Gasteiger partial charge in [0.25, 0.3) is 5.56 Å². The van der Waals surface area contributed by atoms with E-state index in [-0.39, 0.29) is 18.3 Å². The van der Waals surface area contributed by atoms with Crippen LogP contribution in [0.1, 0.15) is 51.8 Å². The van der Waals surface area contributed by atoms with Crippen molar-refractivity contribution in [2.75, 3.05) is 27.4 Å². The molecule has 2 heterocycles. The van der Waals surface area contributed by atoms with E-state index in [0.29, 0.717) is 55.8 Å². The Balaban J connectivity index is 1.93. The van der Waals surface area contributed by atoms with Gasteiger partial charge in [0, 0.05) is 0 Å². The first-order valence-electron chi connectivity index (χ1n) is 13.2. The molecule has 0 saturated carbocycles. The molecule has 0 N–H and O–H groups in total. The Morgan fingerprint density at radius 2 is 1.83 bits per heavy atom. The van der Waals surface area contributed by atoms with Gasteiger partial charge in [-0.1, -0.05) is 17.4 Å². The van der Waals surface area contributed by atoms with Crippen molar-refractivity contribution in [1.29, 1.82) is 0 Å². The van der Waals surface area contributed by atoms with E-state index < -0.39 is 12.0 Å². The molecular weight excluding hydrogens is 659 g/mol. The number of hydrogen-bond acceptors (Lipinski definition) is 9. The maximum Gasteiger partial charge on any atom is 0.338 e. The van der Waals surface area contributed by atoms with Crippen LogP contribution in [0.25, 0.3) is 6.08 Å². The highest BCUT2D eigenvalue weighted by Crippen LogP contribution is 2.37. The number of thiazole rings is 1. The molecule has 0 aliphatic carbocycles. The van der Waals surface area contributed by atoms with Gasteiger partial charge in [0.1, 0.15) is 0 Å². The number of halogens is 1. The second-order valence-corrected chi connectivity index (χ2v) is 11.5. The van der Waals surface area contributed by atoms with Crippen LogP contribution in [0.15, 0.2) is 51.4 Å². The Bertz CT molecular complexity index is 1670. The lowest BCUT2D eigenvalue weighted by Crippen LogP contribution is -2.40. The standard InChI is InChI=1S/C30H33IN2O7S/c1-8-38-27-20(31)12-18(13-23(27)37-7)14-24-28(34)33-26(19-10-11-21(40-16(3)4)22(15-19)36-6)25(29(35)39-9-2)17(5)32-30(33)41-24/h10-16,26H,8-9H2,1-7H3/b24-14+/t26-/m1/s1. The fourth-order valence-corrected chi connectivity index (χ4v) is 6.40. The predicted molar refractivity (Wildman–Crippen MR) is 166 cm³/mol. The minimum Gasteiger partial charge on any atom is -0.493 e. The Morgan fingerprint density at radius 3 is 2.46 bits per heavy atom. The fourth-order valence-electron chi connectivity index (χ4n) is 4.57.